The van der Waals surface area contributed by atoms with E-state index >= 15 is 0 Å². The Bertz CT molecular complexity index is 762. The molecule has 0 atom stereocenters. The summed E-state index contributed by atoms with van der Waals surface area (Å²) in [7, 11) is -3.54. The van der Waals surface area contributed by atoms with Crippen LogP contribution in [0.15, 0.2) is 53.4 Å². The predicted molar refractivity (Wildman–Crippen MR) is 91.1 cm³/mol. The summed E-state index contributed by atoms with van der Waals surface area (Å²) in [5.74, 6) is 0. The van der Waals surface area contributed by atoms with Gasteiger partial charge in [-0.1, -0.05) is 36.4 Å². The van der Waals surface area contributed by atoms with Crippen LogP contribution < -0.4 is 9.62 Å². The lowest BCUT2D eigenvalue weighted by atomic mass is 10.2. The van der Waals surface area contributed by atoms with Crippen molar-refractivity contribution in [3.05, 3.63) is 59.7 Å². The Labute approximate surface area is 137 Å². The van der Waals surface area contributed by atoms with Crippen LogP contribution in [0.25, 0.3) is 0 Å². The molecule has 0 amide bonds. The normalized spacial score (nSPS) is 14.7. The first-order valence-electron chi connectivity index (χ1n) is 6.98. The molecule has 0 aromatic heterocycles. The largest absolute Gasteiger partial charge is 0.311 e. The van der Waals surface area contributed by atoms with E-state index in [1.54, 1.807) is 12.1 Å². The molecular weight excluding hydrogens is 320 g/mol. The van der Waals surface area contributed by atoms with Crippen LogP contribution >= 0.6 is 12.4 Å². The van der Waals surface area contributed by atoms with Crippen molar-refractivity contribution in [2.45, 2.75) is 18.4 Å². The van der Waals surface area contributed by atoms with E-state index < -0.39 is 10.0 Å². The first-order valence-corrected chi connectivity index (χ1v) is 8.42. The Balaban J connectivity index is 0.00000176. The van der Waals surface area contributed by atoms with Gasteiger partial charge in [-0.15, -0.1) is 12.4 Å². The van der Waals surface area contributed by atoms with Crippen molar-refractivity contribution in [2.75, 3.05) is 17.4 Å². The molecule has 0 spiro atoms. The van der Waals surface area contributed by atoms with Gasteiger partial charge >= 0.3 is 0 Å². The van der Waals surface area contributed by atoms with E-state index in [0.29, 0.717) is 24.5 Å². The molecule has 0 bridgehead atoms. The third-order valence-corrected chi connectivity index (χ3v) is 5.70. The highest BCUT2D eigenvalue weighted by molar-refractivity contribution is 7.92. The number of fused-ring (bicyclic) bond motifs is 1. The van der Waals surface area contributed by atoms with Gasteiger partial charge in [0, 0.05) is 19.6 Å². The number of para-hydroxylation sites is 1. The van der Waals surface area contributed by atoms with E-state index in [1.165, 1.54) is 4.31 Å². The Kier molecular flexibility index (Phi) is 5.11. The van der Waals surface area contributed by atoms with Crippen molar-refractivity contribution in [3.63, 3.8) is 0 Å². The number of rotatable bonds is 2. The van der Waals surface area contributed by atoms with Crippen molar-refractivity contribution in [2.24, 2.45) is 0 Å². The molecule has 0 aliphatic carbocycles. The zero-order valence-electron chi connectivity index (χ0n) is 12.3. The summed E-state index contributed by atoms with van der Waals surface area (Å²) >= 11 is 0. The highest BCUT2D eigenvalue weighted by Crippen LogP contribution is 2.29. The van der Waals surface area contributed by atoms with E-state index in [-0.39, 0.29) is 12.4 Å². The fraction of sp³-hybridized carbons (Fsp3) is 0.250. The van der Waals surface area contributed by atoms with Crippen LogP contribution in [-0.4, -0.2) is 21.5 Å². The van der Waals surface area contributed by atoms with Crippen LogP contribution in [0.4, 0.5) is 5.69 Å². The van der Waals surface area contributed by atoms with Crippen molar-refractivity contribution >= 4 is 28.1 Å². The molecule has 0 saturated carbocycles. The fourth-order valence-corrected chi connectivity index (χ4v) is 4.37. The third-order valence-electron chi connectivity index (χ3n) is 3.73. The van der Waals surface area contributed by atoms with Gasteiger partial charge in [-0.2, -0.15) is 0 Å². The maximum absolute atomic E-state index is 13.0. The molecule has 1 N–H and O–H groups in total. The molecule has 0 saturated heterocycles. The van der Waals surface area contributed by atoms with Gasteiger partial charge in [0.2, 0.25) is 0 Å². The smallest absolute Gasteiger partial charge is 0.264 e. The van der Waals surface area contributed by atoms with E-state index in [0.717, 1.165) is 16.8 Å². The lowest BCUT2D eigenvalue weighted by molar-refractivity contribution is 0.589. The second-order valence-electron chi connectivity index (χ2n) is 5.15. The molecule has 3 rings (SSSR count). The minimum absolute atomic E-state index is 0. The number of anilines is 1. The predicted octanol–water partition coefficient (Wildman–Crippen LogP) is 2.72. The highest BCUT2D eigenvalue weighted by Gasteiger charge is 2.28. The molecule has 1 heterocycles. The van der Waals surface area contributed by atoms with Crippen LogP contribution in [0.3, 0.4) is 0 Å². The monoisotopic (exact) mass is 338 g/mol. The second kappa shape index (κ2) is 6.69. The number of nitrogens with one attached hydrogen (secondary N) is 1. The maximum Gasteiger partial charge on any atom is 0.264 e. The second-order valence-corrected chi connectivity index (χ2v) is 6.98. The Morgan fingerprint density at radius 1 is 1.05 bits per heavy atom. The summed E-state index contributed by atoms with van der Waals surface area (Å²) < 4.78 is 27.6. The number of nitrogens with zero attached hydrogens (tertiary/aromatic N) is 1. The number of aryl methyl sites for hydroxylation is 1. The molecule has 6 heteroatoms. The molecule has 0 radical (unpaired) electrons. The van der Waals surface area contributed by atoms with Crippen LogP contribution in [0.1, 0.15) is 11.1 Å². The molecule has 0 unspecified atom stereocenters. The Morgan fingerprint density at radius 3 is 2.50 bits per heavy atom. The van der Waals surface area contributed by atoms with E-state index in [4.69, 9.17) is 0 Å². The van der Waals surface area contributed by atoms with Crippen LogP contribution in [0.2, 0.25) is 0 Å². The van der Waals surface area contributed by atoms with E-state index in [9.17, 15) is 8.42 Å². The lowest BCUT2D eigenvalue weighted by Crippen LogP contribution is -2.35. The summed E-state index contributed by atoms with van der Waals surface area (Å²) in [5, 5.41) is 3.27. The first-order chi connectivity index (χ1) is 10.1. The average Bonchev–Trinajstić information content (AvgIpc) is 2.70. The standard InChI is InChI=1S/C16H18N2O2S.ClH/c1-13-6-2-5-9-16(13)21(19,20)18-11-10-17-12-14-7-3-4-8-15(14)18;/h2-9,17H,10-12H2,1H3;1H. The molecule has 118 valence electrons. The molecular formula is C16H19ClN2O2S. The average molecular weight is 339 g/mol. The van der Waals surface area contributed by atoms with Crippen LogP contribution in [0, 0.1) is 6.92 Å². The molecule has 4 nitrogen and oxygen atoms in total. The summed E-state index contributed by atoms with van der Waals surface area (Å²) in [4.78, 5) is 0.377. The Morgan fingerprint density at radius 2 is 1.73 bits per heavy atom. The van der Waals surface area contributed by atoms with Gasteiger partial charge in [0.15, 0.2) is 0 Å². The maximum atomic E-state index is 13.0. The molecule has 2 aromatic rings. The summed E-state index contributed by atoms with van der Waals surface area (Å²) in [6.07, 6.45) is 0. The van der Waals surface area contributed by atoms with Crippen molar-refractivity contribution < 1.29 is 8.42 Å². The van der Waals surface area contributed by atoms with E-state index in [2.05, 4.69) is 5.32 Å². The number of benzene rings is 2. The summed E-state index contributed by atoms with van der Waals surface area (Å²) in [6.45, 7) is 3.60. The minimum atomic E-state index is -3.54. The van der Waals surface area contributed by atoms with E-state index in [1.807, 2.05) is 43.3 Å². The molecule has 22 heavy (non-hydrogen) atoms. The van der Waals surface area contributed by atoms with Crippen LogP contribution in [-0.2, 0) is 16.6 Å². The van der Waals surface area contributed by atoms with Gasteiger partial charge in [0.1, 0.15) is 0 Å². The third kappa shape index (κ3) is 2.97. The SMILES string of the molecule is Cc1ccccc1S(=O)(=O)N1CCNCc2ccccc21.Cl. The number of hydrogen-bond donors (Lipinski definition) is 1. The van der Waals surface area contributed by atoms with Crippen molar-refractivity contribution in [3.8, 4) is 0 Å². The van der Waals surface area contributed by atoms with Gasteiger partial charge in [-0.05, 0) is 30.2 Å². The molecule has 1 aliphatic heterocycles. The summed E-state index contributed by atoms with van der Waals surface area (Å²) in [6, 6.07) is 14.8. The fourth-order valence-electron chi connectivity index (χ4n) is 2.64. The summed E-state index contributed by atoms with van der Waals surface area (Å²) in [5.41, 5.74) is 2.55. The molecule has 1 aliphatic rings. The molecule has 2 aromatic carbocycles. The first kappa shape index (κ1) is 16.8. The highest BCUT2D eigenvalue weighted by atomic mass is 35.5. The number of halogens is 1. The molecule has 0 fully saturated rings. The van der Waals surface area contributed by atoms with Crippen molar-refractivity contribution in [1.29, 1.82) is 0 Å². The zero-order chi connectivity index (χ0) is 14.9. The number of hydrogen-bond acceptors (Lipinski definition) is 3. The van der Waals surface area contributed by atoms with Gasteiger partial charge in [-0.3, -0.25) is 4.31 Å². The minimum Gasteiger partial charge on any atom is -0.311 e. The zero-order valence-corrected chi connectivity index (χ0v) is 14.0. The van der Waals surface area contributed by atoms with Gasteiger partial charge in [0.05, 0.1) is 10.6 Å². The Hall–Kier alpha value is -1.56. The van der Waals surface area contributed by atoms with Gasteiger partial charge in [-0.25, -0.2) is 8.42 Å². The van der Waals surface area contributed by atoms with Crippen LogP contribution in [0.5, 0.6) is 0 Å². The number of sulfonamides is 1. The quantitative estimate of drug-likeness (QED) is 0.916. The topological polar surface area (TPSA) is 49.4 Å². The lowest BCUT2D eigenvalue weighted by Gasteiger charge is -2.25. The van der Waals surface area contributed by atoms with Crippen molar-refractivity contribution in [1.82, 2.24) is 5.32 Å². The van der Waals surface area contributed by atoms with Gasteiger partial charge < -0.3 is 5.32 Å². The van der Waals surface area contributed by atoms with Gasteiger partial charge in [0.25, 0.3) is 10.0 Å².